The third-order valence-electron chi connectivity index (χ3n) is 5.43. The molecule has 0 atom stereocenters. The van der Waals surface area contributed by atoms with Crippen LogP contribution in [0.2, 0.25) is 0 Å². The van der Waals surface area contributed by atoms with Gasteiger partial charge in [0.1, 0.15) is 0 Å². The number of carbonyl (C=O) groups excluding carboxylic acids is 1. The van der Waals surface area contributed by atoms with Crippen LogP contribution in [0.4, 0.5) is 0 Å². The molecule has 1 aliphatic heterocycles. The number of amides is 1. The highest BCUT2D eigenvalue weighted by molar-refractivity contribution is 5.76. The Morgan fingerprint density at radius 1 is 1.27 bits per heavy atom. The number of hydrogen-bond acceptors (Lipinski definition) is 2. The van der Waals surface area contributed by atoms with Crippen molar-refractivity contribution >= 4 is 5.91 Å². The van der Waals surface area contributed by atoms with E-state index in [1.807, 2.05) is 0 Å². The molecule has 1 amide bonds. The van der Waals surface area contributed by atoms with E-state index in [4.69, 9.17) is 0 Å². The molecule has 2 aliphatic rings. The van der Waals surface area contributed by atoms with Crippen molar-refractivity contribution < 1.29 is 4.79 Å². The summed E-state index contributed by atoms with van der Waals surface area (Å²) in [5, 5.41) is 6.57. The smallest absolute Gasteiger partial charge is 0.220 e. The van der Waals surface area contributed by atoms with E-state index in [0.29, 0.717) is 6.42 Å². The van der Waals surface area contributed by atoms with E-state index in [2.05, 4.69) is 41.8 Å². The fourth-order valence-electron chi connectivity index (χ4n) is 3.72. The van der Waals surface area contributed by atoms with Crippen LogP contribution in [0.25, 0.3) is 0 Å². The van der Waals surface area contributed by atoms with Crippen LogP contribution in [0.5, 0.6) is 0 Å². The SMILES string of the molecule is Cc1ccccc1C1(CNC(=O)CCC2CCNCC2)CC1. The average Bonchev–Trinajstić information content (AvgIpc) is 3.33. The first-order valence-electron chi connectivity index (χ1n) is 8.73. The van der Waals surface area contributed by atoms with E-state index in [-0.39, 0.29) is 11.3 Å². The first kappa shape index (κ1) is 15.5. The van der Waals surface area contributed by atoms with Gasteiger partial charge in [0, 0.05) is 18.4 Å². The van der Waals surface area contributed by atoms with Gasteiger partial charge in [0.15, 0.2) is 0 Å². The summed E-state index contributed by atoms with van der Waals surface area (Å²) in [5.74, 6) is 0.969. The van der Waals surface area contributed by atoms with Gasteiger partial charge in [-0.1, -0.05) is 24.3 Å². The summed E-state index contributed by atoms with van der Waals surface area (Å²) in [6.45, 7) is 5.21. The third-order valence-corrected chi connectivity index (χ3v) is 5.43. The maximum Gasteiger partial charge on any atom is 0.220 e. The molecule has 2 N–H and O–H groups in total. The van der Waals surface area contributed by atoms with Crippen LogP contribution in [-0.4, -0.2) is 25.5 Å². The van der Waals surface area contributed by atoms with E-state index in [1.165, 1.54) is 36.8 Å². The fourth-order valence-corrected chi connectivity index (χ4v) is 3.72. The van der Waals surface area contributed by atoms with Crippen LogP contribution in [0.1, 0.15) is 49.7 Å². The van der Waals surface area contributed by atoms with Crippen LogP contribution in [0.15, 0.2) is 24.3 Å². The lowest BCUT2D eigenvalue weighted by molar-refractivity contribution is -0.121. The fraction of sp³-hybridized carbons (Fsp3) is 0.632. The zero-order valence-corrected chi connectivity index (χ0v) is 13.7. The van der Waals surface area contributed by atoms with Crippen molar-refractivity contribution in [2.24, 2.45) is 5.92 Å². The summed E-state index contributed by atoms with van der Waals surface area (Å²) < 4.78 is 0. The molecule has 0 unspecified atom stereocenters. The molecule has 0 radical (unpaired) electrons. The maximum absolute atomic E-state index is 12.1. The predicted octanol–water partition coefficient (Wildman–Crippen LogP) is 2.92. The van der Waals surface area contributed by atoms with E-state index in [9.17, 15) is 4.79 Å². The summed E-state index contributed by atoms with van der Waals surface area (Å²) in [6, 6.07) is 8.60. The maximum atomic E-state index is 12.1. The molecule has 1 aromatic rings. The molecule has 22 heavy (non-hydrogen) atoms. The summed E-state index contributed by atoms with van der Waals surface area (Å²) in [5.41, 5.74) is 2.99. The number of rotatable bonds is 6. The molecule has 2 fully saturated rings. The molecule has 1 aliphatic carbocycles. The van der Waals surface area contributed by atoms with Crippen molar-refractivity contribution in [1.82, 2.24) is 10.6 Å². The largest absolute Gasteiger partial charge is 0.355 e. The topological polar surface area (TPSA) is 41.1 Å². The Morgan fingerprint density at radius 3 is 2.68 bits per heavy atom. The highest BCUT2D eigenvalue weighted by Crippen LogP contribution is 2.48. The summed E-state index contributed by atoms with van der Waals surface area (Å²) >= 11 is 0. The normalized spacial score (nSPS) is 20.6. The molecule has 120 valence electrons. The monoisotopic (exact) mass is 300 g/mol. The van der Waals surface area contributed by atoms with Gasteiger partial charge < -0.3 is 10.6 Å². The molecule has 0 spiro atoms. The predicted molar refractivity (Wildman–Crippen MR) is 89.9 cm³/mol. The minimum Gasteiger partial charge on any atom is -0.355 e. The molecule has 1 saturated heterocycles. The lowest BCUT2D eigenvalue weighted by Crippen LogP contribution is -2.33. The van der Waals surface area contributed by atoms with Gasteiger partial charge in [0.2, 0.25) is 5.91 Å². The molecule has 1 heterocycles. The van der Waals surface area contributed by atoms with Gasteiger partial charge in [0.05, 0.1) is 0 Å². The van der Waals surface area contributed by atoms with Gasteiger partial charge in [-0.2, -0.15) is 0 Å². The Kier molecular flexibility index (Phi) is 4.82. The van der Waals surface area contributed by atoms with Gasteiger partial charge >= 0.3 is 0 Å². The van der Waals surface area contributed by atoms with E-state index in [0.717, 1.165) is 32.0 Å². The Labute approximate surface area is 133 Å². The second kappa shape index (κ2) is 6.82. The first-order valence-corrected chi connectivity index (χ1v) is 8.73. The second-order valence-electron chi connectivity index (χ2n) is 7.10. The average molecular weight is 300 g/mol. The van der Waals surface area contributed by atoms with Crippen molar-refractivity contribution in [3.8, 4) is 0 Å². The molecule has 3 rings (SSSR count). The number of hydrogen-bond donors (Lipinski definition) is 2. The van der Waals surface area contributed by atoms with Crippen LogP contribution in [-0.2, 0) is 10.2 Å². The summed E-state index contributed by atoms with van der Waals surface area (Å²) in [4.78, 5) is 12.1. The van der Waals surface area contributed by atoms with Crippen LogP contribution in [0, 0.1) is 12.8 Å². The first-order chi connectivity index (χ1) is 10.7. The number of piperidine rings is 1. The van der Waals surface area contributed by atoms with Crippen molar-refractivity contribution in [3.63, 3.8) is 0 Å². The Hall–Kier alpha value is -1.35. The van der Waals surface area contributed by atoms with Gasteiger partial charge in [-0.3, -0.25) is 4.79 Å². The molecule has 1 saturated carbocycles. The number of nitrogens with one attached hydrogen (secondary N) is 2. The quantitative estimate of drug-likeness (QED) is 0.848. The number of aryl methyl sites for hydroxylation is 1. The van der Waals surface area contributed by atoms with E-state index in [1.54, 1.807) is 0 Å². The van der Waals surface area contributed by atoms with Gasteiger partial charge in [-0.05, 0) is 69.2 Å². The van der Waals surface area contributed by atoms with Gasteiger partial charge in [-0.25, -0.2) is 0 Å². The van der Waals surface area contributed by atoms with E-state index < -0.39 is 0 Å². The third kappa shape index (κ3) is 3.70. The van der Waals surface area contributed by atoms with Crippen molar-refractivity contribution in [3.05, 3.63) is 35.4 Å². The van der Waals surface area contributed by atoms with Gasteiger partial charge in [-0.15, -0.1) is 0 Å². The summed E-state index contributed by atoms with van der Waals surface area (Å²) in [7, 11) is 0. The Bertz CT molecular complexity index is 516. The zero-order valence-electron chi connectivity index (χ0n) is 13.7. The minimum absolute atomic E-state index is 0.218. The van der Waals surface area contributed by atoms with Crippen LogP contribution < -0.4 is 10.6 Å². The van der Waals surface area contributed by atoms with Crippen molar-refractivity contribution in [2.45, 2.75) is 50.9 Å². The van der Waals surface area contributed by atoms with Crippen LogP contribution in [0.3, 0.4) is 0 Å². The molecule has 3 nitrogen and oxygen atoms in total. The Balaban J connectivity index is 1.46. The van der Waals surface area contributed by atoms with E-state index >= 15 is 0 Å². The number of carbonyl (C=O) groups is 1. The van der Waals surface area contributed by atoms with Crippen molar-refractivity contribution in [2.75, 3.05) is 19.6 Å². The molecule has 0 aromatic heterocycles. The lowest BCUT2D eigenvalue weighted by Gasteiger charge is -2.23. The van der Waals surface area contributed by atoms with Gasteiger partial charge in [0.25, 0.3) is 0 Å². The Morgan fingerprint density at radius 2 is 2.00 bits per heavy atom. The molecule has 1 aromatic carbocycles. The van der Waals surface area contributed by atoms with Crippen LogP contribution >= 0.6 is 0 Å². The standard InChI is InChI=1S/C19H28N2O/c1-15-4-2-3-5-17(15)19(10-11-19)14-21-18(22)7-6-16-8-12-20-13-9-16/h2-5,16,20H,6-14H2,1H3,(H,21,22). The van der Waals surface area contributed by atoms with Crippen molar-refractivity contribution in [1.29, 1.82) is 0 Å². The second-order valence-corrected chi connectivity index (χ2v) is 7.10. The highest BCUT2D eigenvalue weighted by Gasteiger charge is 2.44. The molecule has 0 bridgehead atoms. The minimum atomic E-state index is 0.218. The summed E-state index contributed by atoms with van der Waals surface area (Å²) in [6.07, 6.45) is 6.58. The molecule has 3 heteroatoms. The zero-order chi connectivity index (χ0) is 15.4. The molecular formula is C19H28N2O. The lowest BCUT2D eigenvalue weighted by atomic mass is 9.91. The highest BCUT2D eigenvalue weighted by atomic mass is 16.1. The number of benzene rings is 1. The molecular weight excluding hydrogens is 272 g/mol.